The lowest BCUT2D eigenvalue weighted by Gasteiger charge is -2.27. The minimum absolute atomic E-state index is 0.144. The maximum Gasteiger partial charge on any atom is 0.343 e. The molecule has 1 aromatic carbocycles. The van der Waals surface area contributed by atoms with Gasteiger partial charge in [0.25, 0.3) is 5.69 Å². The molecule has 1 atom stereocenters. The van der Waals surface area contributed by atoms with E-state index in [-0.39, 0.29) is 16.7 Å². The lowest BCUT2D eigenvalue weighted by atomic mass is 9.82. The van der Waals surface area contributed by atoms with Gasteiger partial charge in [-0.15, -0.1) is 0 Å². The predicted octanol–water partition coefficient (Wildman–Crippen LogP) is 3.06. The Morgan fingerprint density at radius 2 is 2.05 bits per heavy atom. The predicted molar refractivity (Wildman–Crippen MR) is 80.4 cm³/mol. The highest BCUT2D eigenvalue weighted by molar-refractivity contribution is 5.94. The molecular weight excluding hydrogens is 272 g/mol. The van der Waals surface area contributed by atoms with Crippen LogP contribution in [-0.4, -0.2) is 22.5 Å². The van der Waals surface area contributed by atoms with Crippen LogP contribution < -0.4 is 5.32 Å². The Balaban J connectivity index is 2.87. The summed E-state index contributed by atoms with van der Waals surface area (Å²) in [5, 5.41) is 23.3. The molecule has 0 aliphatic rings. The third-order valence-corrected chi connectivity index (χ3v) is 3.78. The average Bonchev–Trinajstić information content (AvgIpc) is 2.36. The number of hydrogen-bond acceptors (Lipinski definition) is 4. The number of nitro benzene ring substituents is 1. The van der Waals surface area contributed by atoms with Crippen LogP contribution in [0, 0.1) is 21.4 Å². The van der Waals surface area contributed by atoms with Gasteiger partial charge in [-0.1, -0.05) is 39.8 Å². The van der Waals surface area contributed by atoms with Gasteiger partial charge < -0.3 is 10.4 Å². The molecule has 0 aromatic heterocycles. The van der Waals surface area contributed by atoms with Crippen molar-refractivity contribution in [3.63, 3.8) is 0 Å². The van der Waals surface area contributed by atoms with Gasteiger partial charge in [0.1, 0.15) is 5.56 Å². The summed E-state index contributed by atoms with van der Waals surface area (Å²) in [6.07, 6.45) is 0. The zero-order chi connectivity index (χ0) is 16.2. The van der Waals surface area contributed by atoms with Crippen LogP contribution in [0.25, 0.3) is 0 Å². The standard InChI is InChI=1S/C15H22N2O4/c1-10(15(2,3)4)8-16-9-11-6-5-7-12(17(20)21)13(11)14(18)19/h5-7,10,16H,8-9H2,1-4H3,(H,18,19). The number of nitrogens with one attached hydrogen (secondary N) is 1. The highest BCUT2D eigenvalue weighted by Crippen LogP contribution is 2.25. The van der Waals surface area contributed by atoms with Gasteiger partial charge in [-0.25, -0.2) is 4.79 Å². The van der Waals surface area contributed by atoms with Crippen LogP contribution in [0.4, 0.5) is 5.69 Å². The molecule has 0 aliphatic heterocycles. The lowest BCUT2D eigenvalue weighted by molar-refractivity contribution is -0.385. The summed E-state index contributed by atoms with van der Waals surface area (Å²) < 4.78 is 0. The van der Waals surface area contributed by atoms with Gasteiger partial charge in [0.2, 0.25) is 0 Å². The number of nitro groups is 1. The van der Waals surface area contributed by atoms with Crippen molar-refractivity contribution in [2.45, 2.75) is 34.2 Å². The Kier molecular flexibility index (Phi) is 5.43. The number of nitrogens with zero attached hydrogens (tertiary/aromatic N) is 1. The Bertz CT molecular complexity index is 535. The highest BCUT2D eigenvalue weighted by atomic mass is 16.6. The van der Waals surface area contributed by atoms with Crippen molar-refractivity contribution < 1.29 is 14.8 Å². The van der Waals surface area contributed by atoms with Gasteiger partial charge in [-0.05, 0) is 23.4 Å². The Labute approximate surface area is 124 Å². The lowest BCUT2D eigenvalue weighted by Crippen LogP contribution is -2.29. The van der Waals surface area contributed by atoms with Crippen molar-refractivity contribution in [3.8, 4) is 0 Å². The van der Waals surface area contributed by atoms with E-state index in [2.05, 4.69) is 33.0 Å². The second kappa shape index (κ2) is 6.67. The van der Waals surface area contributed by atoms with E-state index in [0.717, 1.165) is 0 Å². The fourth-order valence-corrected chi connectivity index (χ4v) is 1.86. The quantitative estimate of drug-likeness (QED) is 0.621. The molecule has 0 spiro atoms. The van der Waals surface area contributed by atoms with Crippen LogP contribution in [-0.2, 0) is 6.54 Å². The van der Waals surface area contributed by atoms with E-state index in [4.69, 9.17) is 0 Å². The molecule has 0 saturated heterocycles. The first-order chi connectivity index (χ1) is 9.64. The molecule has 1 rings (SSSR count). The minimum atomic E-state index is -1.28. The fraction of sp³-hybridized carbons (Fsp3) is 0.533. The molecule has 0 amide bonds. The zero-order valence-electron chi connectivity index (χ0n) is 12.8. The molecule has 2 N–H and O–H groups in total. The summed E-state index contributed by atoms with van der Waals surface area (Å²) in [6, 6.07) is 4.32. The molecule has 116 valence electrons. The van der Waals surface area contributed by atoms with Crippen molar-refractivity contribution in [2.75, 3.05) is 6.54 Å². The van der Waals surface area contributed by atoms with E-state index >= 15 is 0 Å². The number of carboxylic acid groups (broad SMARTS) is 1. The summed E-state index contributed by atoms with van der Waals surface area (Å²) in [4.78, 5) is 21.5. The number of aromatic carboxylic acids is 1. The van der Waals surface area contributed by atoms with Crippen LogP contribution in [0.5, 0.6) is 0 Å². The average molecular weight is 294 g/mol. The van der Waals surface area contributed by atoms with E-state index < -0.39 is 10.9 Å². The van der Waals surface area contributed by atoms with Crippen LogP contribution in [0.15, 0.2) is 18.2 Å². The van der Waals surface area contributed by atoms with Crippen LogP contribution in [0.1, 0.15) is 43.6 Å². The third kappa shape index (κ3) is 4.53. The Morgan fingerprint density at radius 3 is 2.52 bits per heavy atom. The number of hydrogen-bond donors (Lipinski definition) is 2. The first-order valence-electron chi connectivity index (χ1n) is 6.85. The molecule has 0 saturated carbocycles. The molecule has 0 fully saturated rings. The summed E-state index contributed by atoms with van der Waals surface area (Å²) in [5.74, 6) is -0.882. The molecule has 6 nitrogen and oxygen atoms in total. The number of carboxylic acids is 1. The van der Waals surface area contributed by atoms with Gasteiger partial charge in [0.15, 0.2) is 0 Å². The normalized spacial score (nSPS) is 13.0. The summed E-state index contributed by atoms with van der Waals surface area (Å²) in [6.45, 7) is 9.52. The van der Waals surface area contributed by atoms with Gasteiger partial charge in [-0.3, -0.25) is 10.1 Å². The fourth-order valence-electron chi connectivity index (χ4n) is 1.86. The van der Waals surface area contributed by atoms with Gasteiger partial charge in [-0.2, -0.15) is 0 Å². The number of rotatable bonds is 6. The molecule has 0 radical (unpaired) electrons. The monoisotopic (exact) mass is 294 g/mol. The first-order valence-corrected chi connectivity index (χ1v) is 6.85. The van der Waals surface area contributed by atoms with E-state index in [1.807, 2.05) is 0 Å². The largest absolute Gasteiger partial charge is 0.477 e. The molecule has 1 unspecified atom stereocenters. The van der Waals surface area contributed by atoms with Gasteiger partial charge in [0, 0.05) is 12.6 Å². The Morgan fingerprint density at radius 1 is 1.43 bits per heavy atom. The first kappa shape index (κ1) is 17.1. The number of carbonyl (C=O) groups is 1. The molecule has 21 heavy (non-hydrogen) atoms. The number of benzene rings is 1. The molecule has 1 aromatic rings. The maximum absolute atomic E-state index is 11.3. The SMILES string of the molecule is CC(CNCc1cccc([N+](=O)[O-])c1C(=O)O)C(C)(C)C. The van der Waals surface area contributed by atoms with Crippen LogP contribution in [0.2, 0.25) is 0 Å². The van der Waals surface area contributed by atoms with E-state index in [1.165, 1.54) is 12.1 Å². The molecule has 6 heteroatoms. The van der Waals surface area contributed by atoms with Crippen molar-refractivity contribution >= 4 is 11.7 Å². The van der Waals surface area contributed by atoms with Gasteiger partial charge >= 0.3 is 5.97 Å². The molecular formula is C15H22N2O4. The Hall–Kier alpha value is -1.95. The molecule has 0 heterocycles. The summed E-state index contributed by atoms with van der Waals surface area (Å²) >= 11 is 0. The van der Waals surface area contributed by atoms with Gasteiger partial charge in [0.05, 0.1) is 4.92 Å². The second-order valence-electron chi connectivity index (χ2n) is 6.27. The topological polar surface area (TPSA) is 92.5 Å². The highest BCUT2D eigenvalue weighted by Gasteiger charge is 2.24. The maximum atomic E-state index is 11.3. The third-order valence-electron chi connectivity index (χ3n) is 3.78. The minimum Gasteiger partial charge on any atom is -0.477 e. The summed E-state index contributed by atoms with van der Waals surface area (Å²) in [5.41, 5.74) is -0.0346. The van der Waals surface area contributed by atoms with E-state index in [9.17, 15) is 20.0 Å². The van der Waals surface area contributed by atoms with Crippen LogP contribution in [0.3, 0.4) is 0 Å². The smallest absolute Gasteiger partial charge is 0.343 e. The second-order valence-corrected chi connectivity index (χ2v) is 6.27. The van der Waals surface area contributed by atoms with E-state index in [0.29, 0.717) is 24.6 Å². The zero-order valence-corrected chi connectivity index (χ0v) is 12.8. The molecule has 0 aliphatic carbocycles. The van der Waals surface area contributed by atoms with Crippen molar-refractivity contribution in [1.82, 2.24) is 5.32 Å². The summed E-state index contributed by atoms with van der Waals surface area (Å²) in [7, 11) is 0. The van der Waals surface area contributed by atoms with Crippen molar-refractivity contribution in [3.05, 3.63) is 39.4 Å². The van der Waals surface area contributed by atoms with Crippen molar-refractivity contribution in [1.29, 1.82) is 0 Å². The van der Waals surface area contributed by atoms with E-state index in [1.54, 1.807) is 6.07 Å². The van der Waals surface area contributed by atoms with Crippen molar-refractivity contribution in [2.24, 2.45) is 11.3 Å². The van der Waals surface area contributed by atoms with Crippen LogP contribution >= 0.6 is 0 Å². The molecule has 0 bridgehead atoms.